The van der Waals surface area contributed by atoms with Crippen LogP contribution in [0.15, 0.2) is 54.1 Å². The molecular weight excluding hydrogens is 410 g/mol. The third kappa shape index (κ3) is 4.84. The number of aliphatic hydroxyl groups is 2. The summed E-state index contributed by atoms with van der Waals surface area (Å²) in [5.74, 6) is -0.711. The highest BCUT2D eigenvalue weighted by atomic mass is 16.5. The second-order valence-corrected chi connectivity index (χ2v) is 7.88. The number of nitrogens with zero attached hydrogens (tertiary/aromatic N) is 1. The van der Waals surface area contributed by atoms with E-state index >= 15 is 0 Å². The number of hydrogen-bond acceptors (Lipinski definition) is 6. The van der Waals surface area contributed by atoms with Crippen LogP contribution < -0.4 is 4.74 Å². The number of Topliss-reactive ketones (excluding diaryl/α,β-unsaturated/α-hetero) is 1. The van der Waals surface area contributed by atoms with Gasteiger partial charge in [0.25, 0.3) is 11.7 Å². The summed E-state index contributed by atoms with van der Waals surface area (Å²) < 4.78 is 10.5. The first kappa shape index (κ1) is 23.5. The Morgan fingerprint density at radius 3 is 2.25 bits per heavy atom. The van der Waals surface area contributed by atoms with E-state index < -0.39 is 17.7 Å². The maximum absolute atomic E-state index is 13.0. The van der Waals surface area contributed by atoms with Crippen molar-refractivity contribution < 1.29 is 29.3 Å². The Bertz CT molecular complexity index is 978. The van der Waals surface area contributed by atoms with Crippen LogP contribution in [0, 0.1) is 0 Å². The molecule has 3 rings (SSSR count). The second kappa shape index (κ2) is 10.4. The van der Waals surface area contributed by atoms with E-state index in [9.17, 15) is 14.7 Å². The first-order valence-electron chi connectivity index (χ1n) is 10.6. The summed E-state index contributed by atoms with van der Waals surface area (Å²) in [5, 5.41) is 20.0. The van der Waals surface area contributed by atoms with Gasteiger partial charge in [0.1, 0.15) is 11.5 Å². The van der Waals surface area contributed by atoms with Crippen LogP contribution in [0.5, 0.6) is 5.75 Å². The van der Waals surface area contributed by atoms with Crippen molar-refractivity contribution in [3.8, 4) is 5.75 Å². The monoisotopic (exact) mass is 439 g/mol. The summed E-state index contributed by atoms with van der Waals surface area (Å²) in [4.78, 5) is 27.3. The van der Waals surface area contributed by atoms with Crippen LogP contribution >= 0.6 is 0 Å². The van der Waals surface area contributed by atoms with Gasteiger partial charge in [-0.2, -0.15) is 0 Å². The molecule has 7 heteroatoms. The zero-order chi connectivity index (χ0) is 23.3. The summed E-state index contributed by atoms with van der Waals surface area (Å²) in [6.45, 7) is 4.50. The highest BCUT2D eigenvalue weighted by Crippen LogP contribution is 2.39. The van der Waals surface area contributed by atoms with Crippen molar-refractivity contribution >= 4 is 17.4 Å². The Morgan fingerprint density at radius 1 is 1.03 bits per heavy atom. The third-order valence-corrected chi connectivity index (χ3v) is 5.53. The number of ketones is 1. The molecule has 170 valence electrons. The molecule has 7 nitrogen and oxygen atoms in total. The lowest BCUT2D eigenvalue weighted by atomic mass is 9.93. The molecule has 1 unspecified atom stereocenters. The number of methoxy groups -OCH3 is 1. The van der Waals surface area contributed by atoms with Gasteiger partial charge in [-0.3, -0.25) is 9.59 Å². The van der Waals surface area contributed by atoms with E-state index in [1.54, 1.807) is 31.4 Å². The molecule has 2 N–H and O–H groups in total. The van der Waals surface area contributed by atoms with Gasteiger partial charge in [-0.05, 0) is 41.3 Å². The second-order valence-electron chi connectivity index (χ2n) is 7.88. The van der Waals surface area contributed by atoms with Crippen molar-refractivity contribution in [1.82, 2.24) is 4.90 Å². The Labute approximate surface area is 187 Å². The normalized spacial score (nSPS) is 17.9. The van der Waals surface area contributed by atoms with E-state index in [0.29, 0.717) is 17.2 Å². The fourth-order valence-electron chi connectivity index (χ4n) is 3.75. The van der Waals surface area contributed by atoms with Crippen molar-refractivity contribution in [2.75, 3.05) is 33.5 Å². The molecule has 1 amide bonds. The molecule has 1 aliphatic heterocycles. The van der Waals surface area contributed by atoms with Crippen LogP contribution in [0.3, 0.4) is 0 Å². The molecule has 0 bridgehead atoms. The van der Waals surface area contributed by atoms with Crippen LogP contribution in [0.2, 0.25) is 0 Å². The first-order valence-corrected chi connectivity index (χ1v) is 10.6. The summed E-state index contributed by atoms with van der Waals surface area (Å²) >= 11 is 0. The molecule has 0 radical (unpaired) electrons. The molecule has 1 saturated heterocycles. The molecule has 0 spiro atoms. The first-order chi connectivity index (χ1) is 15.4. The van der Waals surface area contributed by atoms with Gasteiger partial charge in [0.15, 0.2) is 0 Å². The third-order valence-electron chi connectivity index (χ3n) is 5.53. The van der Waals surface area contributed by atoms with Crippen LogP contribution in [-0.2, 0) is 14.3 Å². The van der Waals surface area contributed by atoms with E-state index in [0.717, 1.165) is 11.1 Å². The minimum absolute atomic E-state index is 0.0413. The molecule has 1 atom stereocenters. The van der Waals surface area contributed by atoms with Gasteiger partial charge >= 0.3 is 0 Å². The van der Waals surface area contributed by atoms with Gasteiger partial charge in [-0.25, -0.2) is 0 Å². The van der Waals surface area contributed by atoms with Crippen LogP contribution in [0.25, 0.3) is 5.76 Å². The zero-order valence-corrected chi connectivity index (χ0v) is 18.6. The molecule has 0 aromatic heterocycles. The molecule has 1 aliphatic rings. The Kier molecular flexibility index (Phi) is 7.66. The molecular formula is C25H29NO6. The number of carbonyl (C=O) groups excluding carboxylic acids is 2. The Morgan fingerprint density at radius 2 is 1.69 bits per heavy atom. The summed E-state index contributed by atoms with van der Waals surface area (Å²) in [6, 6.07) is 13.6. The number of benzene rings is 2. The number of hydrogen-bond donors (Lipinski definition) is 2. The van der Waals surface area contributed by atoms with E-state index in [-0.39, 0.29) is 37.7 Å². The van der Waals surface area contributed by atoms with Gasteiger partial charge in [0, 0.05) is 12.1 Å². The van der Waals surface area contributed by atoms with Gasteiger partial charge in [-0.15, -0.1) is 0 Å². The molecule has 0 aliphatic carbocycles. The Hall–Kier alpha value is -3.16. The standard InChI is InChI=1S/C25H29NO6/c1-16(2)17-4-6-18(7-5-17)22-21(23(28)19-8-10-20(31-3)11-9-19)24(29)25(30)26(22)12-14-32-15-13-27/h4-11,16,22,27-28H,12-15H2,1-3H3. The lowest BCUT2D eigenvalue weighted by molar-refractivity contribution is -0.140. The number of ether oxygens (including phenoxy) is 2. The lowest BCUT2D eigenvalue weighted by Gasteiger charge is -2.25. The fraction of sp³-hybridized carbons (Fsp3) is 0.360. The lowest BCUT2D eigenvalue weighted by Crippen LogP contribution is -2.33. The number of likely N-dealkylation sites (tertiary alicyclic amines) is 1. The number of amides is 1. The average molecular weight is 440 g/mol. The topological polar surface area (TPSA) is 96.3 Å². The summed E-state index contributed by atoms with van der Waals surface area (Å²) in [7, 11) is 1.54. The van der Waals surface area contributed by atoms with Gasteiger partial charge in [0.2, 0.25) is 0 Å². The van der Waals surface area contributed by atoms with Crippen LogP contribution in [0.4, 0.5) is 0 Å². The van der Waals surface area contributed by atoms with E-state index in [1.807, 2.05) is 24.3 Å². The highest BCUT2D eigenvalue weighted by Gasteiger charge is 2.45. The van der Waals surface area contributed by atoms with E-state index in [1.165, 1.54) is 4.90 Å². The van der Waals surface area contributed by atoms with Crippen molar-refractivity contribution in [3.05, 3.63) is 70.8 Å². The maximum atomic E-state index is 13.0. The number of rotatable bonds is 9. The van der Waals surface area contributed by atoms with Gasteiger partial charge in [-0.1, -0.05) is 38.1 Å². The molecule has 2 aromatic carbocycles. The molecule has 0 saturated carbocycles. The average Bonchev–Trinajstić information content (AvgIpc) is 3.06. The van der Waals surface area contributed by atoms with Gasteiger partial charge < -0.3 is 24.6 Å². The molecule has 32 heavy (non-hydrogen) atoms. The van der Waals surface area contributed by atoms with Crippen LogP contribution in [0.1, 0.15) is 42.5 Å². The van der Waals surface area contributed by atoms with E-state index in [4.69, 9.17) is 14.6 Å². The van der Waals surface area contributed by atoms with Crippen molar-refractivity contribution in [1.29, 1.82) is 0 Å². The van der Waals surface area contributed by atoms with E-state index in [2.05, 4.69) is 13.8 Å². The van der Waals surface area contributed by atoms with Crippen molar-refractivity contribution in [2.45, 2.75) is 25.8 Å². The fourth-order valence-corrected chi connectivity index (χ4v) is 3.75. The maximum Gasteiger partial charge on any atom is 0.295 e. The molecule has 1 fully saturated rings. The quantitative estimate of drug-likeness (QED) is 0.270. The van der Waals surface area contributed by atoms with Crippen molar-refractivity contribution in [2.24, 2.45) is 0 Å². The minimum atomic E-state index is -0.740. The SMILES string of the molecule is COc1ccc(C(O)=C2C(=O)C(=O)N(CCOCCO)C2c2ccc(C(C)C)cc2)cc1. The smallest absolute Gasteiger partial charge is 0.295 e. The number of carbonyl (C=O) groups is 2. The summed E-state index contributed by atoms with van der Waals surface area (Å²) in [6.07, 6.45) is 0. The van der Waals surface area contributed by atoms with Gasteiger partial charge in [0.05, 0.1) is 38.5 Å². The molecule has 1 heterocycles. The highest BCUT2D eigenvalue weighted by molar-refractivity contribution is 6.46. The van der Waals surface area contributed by atoms with Crippen molar-refractivity contribution in [3.63, 3.8) is 0 Å². The Balaban J connectivity index is 2.05. The predicted molar refractivity (Wildman–Crippen MR) is 120 cm³/mol. The molecule has 2 aromatic rings. The number of aliphatic hydroxyl groups excluding tert-OH is 2. The minimum Gasteiger partial charge on any atom is -0.507 e. The van der Waals surface area contributed by atoms with Crippen LogP contribution in [-0.4, -0.2) is 60.3 Å². The zero-order valence-electron chi connectivity index (χ0n) is 18.6. The largest absolute Gasteiger partial charge is 0.507 e. The predicted octanol–water partition coefficient (Wildman–Crippen LogP) is 3.25. The summed E-state index contributed by atoms with van der Waals surface area (Å²) in [5.41, 5.74) is 2.32.